The Bertz CT molecular complexity index is 169. The summed E-state index contributed by atoms with van der Waals surface area (Å²) in [6.45, 7) is 1.89. The van der Waals surface area contributed by atoms with Crippen LogP contribution in [0.1, 0.15) is 13.3 Å². The monoisotopic (exact) mass is 144 g/mol. The lowest BCUT2D eigenvalue weighted by atomic mass is 10.2. The molecule has 2 unspecified atom stereocenters. The summed E-state index contributed by atoms with van der Waals surface area (Å²) in [5.41, 5.74) is 7.66. The third-order valence-electron chi connectivity index (χ3n) is 1.91. The number of aliphatic hydroxyl groups excluding tert-OH is 1. The molecule has 0 amide bonds. The number of rotatable bonds is 2. The van der Waals surface area contributed by atoms with Gasteiger partial charge in [0.1, 0.15) is 6.10 Å². The summed E-state index contributed by atoms with van der Waals surface area (Å²) < 4.78 is 0. The lowest BCUT2D eigenvalue weighted by Gasteiger charge is -1.99. The van der Waals surface area contributed by atoms with Gasteiger partial charge in [-0.2, -0.15) is 5.10 Å². The van der Waals surface area contributed by atoms with Crippen molar-refractivity contribution in [2.75, 3.05) is 0 Å². The normalized spacial score (nSPS) is 42.0. The lowest BCUT2D eigenvalue weighted by Crippen LogP contribution is -2.28. The highest BCUT2D eigenvalue weighted by Crippen LogP contribution is 2.32. The fraction of sp³-hybridized carbons (Fsp3) is 0.800. The molecule has 1 aliphatic carbocycles. The molecule has 0 radical (unpaired) electrons. The van der Waals surface area contributed by atoms with Crippen LogP contribution in [0.25, 0.3) is 0 Å². The lowest BCUT2D eigenvalue weighted by molar-refractivity contribution is 0.254. The molecule has 1 fully saturated rings. The van der Waals surface area contributed by atoms with Gasteiger partial charge in [0.2, 0.25) is 0 Å². The van der Waals surface area contributed by atoms with E-state index in [1.165, 1.54) is 0 Å². The van der Waals surface area contributed by atoms with Crippen LogP contribution in [0.15, 0.2) is 5.10 Å². The molecule has 0 aromatic carbocycles. The summed E-state index contributed by atoms with van der Waals surface area (Å²) >= 11 is 0. The minimum atomic E-state index is -0.619. The van der Waals surface area contributed by atoms with Gasteiger partial charge < -0.3 is 10.8 Å². The number of hydrogen-bond acceptors (Lipinski definition) is 5. The molecule has 10 heavy (non-hydrogen) atoms. The Balaban J connectivity index is 2.63. The van der Waals surface area contributed by atoms with Crippen molar-refractivity contribution < 1.29 is 5.11 Å². The molecule has 5 nitrogen and oxygen atoms in total. The largest absolute Gasteiger partial charge is 0.385 e. The second-order valence-corrected chi connectivity index (χ2v) is 2.42. The molecular formula is C5H12N4O. The Hall–Kier alpha value is -0.650. The quantitative estimate of drug-likeness (QED) is 0.274. The van der Waals surface area contributed by atoms with E-state index in [2.05, 4.69) is 10.6 Å². The van der Waals surface area contributed by atoms with Crippen LogP contribution in [0.5, 0.6) is 0 Å². The van der Waals surface area contributed by atoms with Crippen molar-refractivity contribution in [3.63, 3.8) is 0 Å². The zero-order valence-electron chi connectivity index (χ0n) is 5.83. The highest BCUT2D eigenvalue weighted by Gasteiger charge is 2.57. The molecule has 0 saturated heterocycles. The Morgan fingerprint density at radius 2 is 2.50 bits per heavy atom. The van der Waals surface area contributed by atoms with E-state index in [1.54, 1.807) is 0 Å². The Morgan fingerprint density at radius 3 is 2.80 bits per heavy atom. The minimum absolute atomic E-state index is 0.539. The third kappa shape index (κ3) is 0.792. The predicted octanol–water partition coefficient (Wildman–Crippen LogP) is -1.71. The zero-order chi connectivity index (χ0) is 7.78. The fourth-order valence-electron chi connectivity index (χ4n) is 0.966. The van der Waals surface area contributed by atoms with E-state index >= 15 is 0 Å². The maximum absolute atomic E-state index is 9.13. The van der Waals surface area contributed by atoms with Crippen molar-refractivity contribution in [1.29, 1.82) is 0 Å². The van der Waals surface area contributed by atoms with E-state index in [9.17, 15) is 0 Å². The van der Waals surface area contributed by atoms with Crippen molar-refractivity contribution in [3.05, 3.63) is 0 Å². The van der Waals surface area contributed by atoms with Crippen LogP contribution in [0, 0.1) is 0 Å². The summed E-state index contributed by atoms with van der Waals surface area (Å²) in [4.78, 5) is 0. The number of nitrogens with zero attached hydrogens (tertiary/aromatic N) is 1. The van der Waals surface area contributed by atoms with Crippen LogP contribution in [-0.4, -0.2) is 22.5 Å². The van der Waals surface area contributed by atoms with Gasteiger partial charge in [0, 0.05) is 0 Å². The van der Waals surface area contributed by atoms with Gasteiger partial charge in [0.25, 0.3) is 0 Å². The van der Waals surface area contributed by atoms with Gasteiger partial charge in [-0.25, -0.2) is 11.4 Å². The topological polar surface area (TPSA) is 96.7 Å². The average molecular weight is 144 g/mol. The molecule has 58 valence electrons. The second kappa shape index (κ2) is 2.19. The molecule has 0 aromatic rings. The van der Waals surface area contributed by atoms with Gasteiger partial charge in [-0.05, 0) is 6.42 Å². The van der Waals surface area contributed by atoms with Crippen molar-refractivity contribution in [3.8, 4) is 0 Å². The molecule has 1 rings (SSSR count). The Kier molecular flexibility index (Phi) is 1.63. The molecule has 0 heterocycles. The number of aliphatic hydroxyl groups is 1. The van der Waals surface area contributed by atoms with Crippen LogP contribution in [0.4, 0.5) is 0 Å². The summed E-state index contributed by atoms with van der Waals surface area (Å²) in [6.07, 6.45) is 0.0582. The van der Waals surface area contributed by atoms with Crippen molar-refractivity contribution in [1.82, 2.24) is 5.53 Å². The van der Waals surface area contributed by atoms with Crippen molar-refractivity contribution in [2.45, 2.75) is 25.0 Å². The highest BCUT2D eigenvalue weighted by atomic mass is 16.3. The summed E-state index contributed by atoms with van der Waals surface area (Å²) in [5.74, 6) is 4.90. The zero-order valence-corrected chi connectivity index (χ0v) is 5.83. The molecule has 1 aliphatic rings. The first-order chi connectivity index (χ1) is 4.66. The van der Waals surface area contributed by atoms with Crippen LogP contribution >= 0.6 is 0 Å². The number of nitrogens with one attached hydrogen (secondary N) is 1. The predicted molar refractivity (Wildman–Crippen MR) is 38.0 cm³/mol. The van der Waals surface area contributed by atoms with Crippen LogP contribution in [0.3, 0.4) is 0 Å². The molecular weight excluding hydrogens is 132 g/mol. The fourth-order valence-corrected chi connectivity index (χ4v) is 0.966. The average Bonchev–Trinajstić information content (AvgIpc) is 2.43. The van der Waals surface area contributed by atoms with E-state index in [4.69, 9.17) is 16.7 Å². The smallest absolute Gasteiger partial charge is 0.119 e. The van der Waals surface area contributed by atoms with E-state index in [0.29, 0.717) is 12.1 Å². The van der Waals surface area contributed by atoms with Gasteiger partial charge in [-0.3, -0.25) is 0 Å². The van der Waals surface area contributed by atoms with Gasteiger partial charge in [-0.15, -0.1) is 0 Å². The van der Waals surface area contributed by atoms with Gasteiger partial charge in [0.05, 0.1) is 11.3 Å². The van der Waals surface area contributed by atoms with Gasteiger partial charge >= 0.3 is 0 Å². The van der Waals surface area contributed by atoms with Crippen LogP contribution in [0.2, 0.25) is 0 Å². The molecule has 2 atom stereocenters. The van der Waals surface area contributed by atoms with E-state index < -0.39 is 11.6 Å². The van der Waals surface area contributed by atoms with Crippen LogP contribution in [-0.2, 0) is 0 Å². The number of hydrazone groups is 1. The minimum Gasteiger partial charge on any atom is -0.385 e. The number of hydrogen-bond donors (Lipinski definition) is 4. The standard InChI is InChI=1S/C5H12N4O/c1-2-5(6)3(4(5)10)8-9-7/h4,9-10H,2,6-7H2,1H3. The highest BCUT2D eigenvalue weighted by molar-refractivity contribution is 6.14. The maximum atomic E-state index is 9.13. The van der Waals surface area contributed by atoms with Crippen molar-refractivity contribution in [2.24, 2.45) is 16.7 Å². The second-order valence-electron chi connectivity index (χ2n) is 2.42. The molecule has 6 N–H and O–H groups in total. The Morgan fingerprint density at radius 1 is 1.90 bits per heavy atom. The summed E-state index contributed by atoms with van der Waals surface area (Å²) in [6, 6.07) is 0. The SMILES string of the molecule is CCC1(N)C(=NNN)C1O. The van der Waals surface area contributed by atoms with E-state index in [1.807, 2.05) is 6.92 Å². The molecule has 0 aromatic heterocycles. The van der Waals surface area contributed by atoms with E-state index in [-0.39, 0.29) is 0 Å². The molecule has 0 aliphatic heterocycles. The first kappa shape index (κ1) is 7.46. The van der Waals surface area contributed by atoms with Crippen LogP contribution < -0.4 is 17.1 Å². The maximum Gasteiger partial charge on any atom is 0.119 e. The summed E-state index contributed by atoms with van der Waals surface area (Å²) in [5, 5.41) is 12.7. The van der Waals surface area contributed by atoms with E-state index in [0.717, 1.165) is 0 Å². The first-order valence-corrected chi connectivity index (χ1v) is 3.17. The molecule has 1 saturated carbocycles. The molecule has 5 heteroatoms. The number of nitrogens with two attached hydrogens (primary N) is 2. The van der Waals surface area contributed by atoms with Gasteiger partial charge in [-0.1, -0.05) is 6.92 Å². The molecule has 0 bridgehead atoms. The first-order valence-electron chi connectivity index (χ1n) is 3.17. The third-order valence-corrected chi connectivity index (χ3v) is 1.91. The molecule has 0 spiro atoms. The van der Waals surface area contributed by atoms with Gasteiger partial charge in [0.15, 0.2) is 0 Å². The number of hydrazine groups is 1. The van der Waals surface area contributed by atoms with Crippen molar-refractivity contribution >= 4 is 5.71 Å². The summed E-state index contributed by atoms with van der Waals surface area (Å²) in [7, 11) is 0. The Labute approximate surface area is 59.1 Å².